The van der Waals surface area contributed by atoms with Crippen molar-refractivity contribution in [2.24, 2.45) is 0 Å². The highest BCUT2D eigenvalue weighted by Gasteiger charge is 2.22. The Morgan fingerprint density at radius 2 is 2.67 bits per heavy atom. The maximum Gasteiger partial charge on any atom is 0.261 e. The number of nitrogens with one attached hydrogen (secondary N) is 1. The van der Waals surface area contributed by atoms with Crippen molar-refractivity contribution in [3.63, 3.8) is 0 Å². The molecule has 9 heavy (non-hydrogen) atoms. The minimum atomic E-state index is -1.99. The predicted molar refractivity (Wildman–Crippen MR) is 39.9 cm³/mol. The minimum absolute atomic E-state index is 0.629. The Kier molecular flexibility index (Phi) is 2.61. The van der Waals surface area contributed by atoms with Gasteiger partial charge in [-0.05, 0) is 18.7 Å². The van der Waals surface area contributed by atoms with Gasteiger partial charge in [0.15, 0.2) is 0 Å². The van der Waals surface area contributed by atoms with Crippen LogP contribution in [-0.4, -0.2) is 19.8 Å². The van der Waals surface area contributed by atoms with Gasteiger partial charge in [0.05, 0.1) is 13.2 Å². The van der Waals surface area contributed by atoms with Crippen molar-refractivity contribution in [1.82, 2.24) is 5.09 Å². The predicted octanol–water partition coefficient (Wildman–Crippen LogP) is 0.867. The second kappa shape index (κ2) is 3.08. The van der Waals surface area contributed by atoms with Crippen LogP contribution in [-0.2, 0) is 20.9 Å². The van der Waals surface area contributed by atoms with E-state index in [0.717, 1.165) is 6.54 Å². The van der Waals surface area contributed by atoms with E-state index in [-0.39, 0.29) is 0 Å². The van der Waals surface area contributed by atoms with Crippen LogP contribution in [0.2, 0.25) is 0 Å². The smallest absolute Gasteiger partial charge is 0.261 e. The van der Waals surface area contributed by atoms with E-state index in [1.807, 2.05) is 6.92 Å². The van der Waals surface area contributed by atoms with Crippen LogP contribution in [0, 0.1) is 0 Å². The quantitative estimate of drug-likeness (QED) is 0.618. The summed E-state index contributed by atoms with van der Waals surface area (Å²) in [6.07, 6.45) is 0. The first-order chi connectivity index (χ1) is 4.27. The Morgan fingerprint density at radius 3 is 3.11 bits per heavy atom. The summed E-state index contributed by atoms with van der Waals surface area (Å²) in [5, 5.41) is 3.02. The molecule has 3 nitrogen and oxygen atoms in total. The Morgan fingerprint density at radius 1 is 1.89 bits per heavy atom. The molecule has 0 aromatic carbocycles. The lowest BCUT2D eigenvalue weighted by Crippen LogP contribution is -2.04. The van der Waals surface area contributed by atoms with Gasteiger partial charge in [0.1, 0.15) is 0 Å². The van der Waals surface area contributed by atoms with Crippen LogP contribution in [0.25, 0.3) is 0 Å². The van der Waals surface area contributed by atoms with Crippen molar-refractivity contribution in [3.05, 3.63) is 0 Å². The topological polar surface area (TPSA) is 30.5 Å². The molecule has 0 spiro atoms. The van der Waals surface area contributed by atoms with Crippen LogP contribution in [0.3, 0.4) is 0 Å². The second-order valence-corrected chi connectivity index (χ2v) is 4.93. The van der Waals surface area contributed by atoms with Crippen LogP contribution in [0.4, 0.5) is 0 Å². The van der Waals surface area contributed by atoms with Crippen molar-refractivity contribution in [1.29, 1.82) is 0 Å². The lowest BCUT2D eigenvalue weighted by molar-refractivity contribution is 0.286. The fourth-order valence-corrected chi connectivity index (χ4v) is 2.75. The van der Waals surface area contributed by atoms with Gasteiger partial charge in [-0.3, -0.25) is 0 Å². The number of rotatable bonds is 2. The molecule has 1 N–H and O–H groups in total. The van der Waals surface area contributed by atoms with E-state index >= 15 is 0 Å². The van der Waals surface area contributed by atoms with Crippen LogP contribution in [0.15, 0.2) is 0 Å². The Hall–Kier alpha value is 0.530. The summed E-state index contributed by atoms with van der Waals surface area (Å²) in [5.41, 5.74) is 0. The summed E-state index contributed by atoms with van der Waals surface area (Å²) < 4.78 is 10.4. The molecular formula is C4H10NO2PS. The molecule has 0 amide bonds. The zero-order valence-corrected chi connectivity index (χ0v) is 7.00. The van der Waals surface area contributed by atoms with Gasteiger partial charge < -0.3 is 9.05 Å². The van der Waals surface area contributed by atoms with Crippen LogP contribution in [0.5, 0.6) is 0 Å². The maximum atomic E-state index is 5.18. The number of hydrogen-bond acceptors (Lipinski definition) is 3. The summed E-state index contributed by atoms with van der Waals surface area (Å²) in [7, 11) is 0. The molecular weight excluding hydrogens is 157 g/mol. The Labute approximate surface area is 60.0 Å². The van der Waals surface area contributed by atoms with Crippen molar-refractivity contribution in [2.75, 3.05) is 19.8 Å². The Balaban J connectivity index is 2.42. The molecule has 1 unspecified atom stereocenters. The summed E-state index contributed by atoms with van der Waals surface area (Å²) in [5.74, 6) is 0. The standard InChI is InChI=1S/C4H10NO2PS/c1-2-6-8(9)5-3-4-7-8/h2-4H2,1H3,(H,5,9). The first kappa shape index (κ1) is 7.63. The molecule has 1 heterocycles. The van der Waals surface area contributed by atoms with Crippen LogP contribution >= 0.6 is 6.64 Å². The molecule has 0 aromatic rings. The summed E-state index contributed by atoms with van der Waals surface area (Å²) in [6, 6.07) is 0. The van der Waals surface area contributed by atoms with Gasteiger partial charge in [0.25, 0.3) is 6.64 Å². The molecule has 0 aliphatic carbocycles. The third-order valence-electron chi connectivity index (χ3n) is 0.968. The molecule has 0 radical (unpaired) electrons. The van der Waals surface area contributed by atoms with Crippen molar-refractivity contribution in [2.45, 2.75) is 6.92 Å². The molecule has 1 aliphatic heterocycles. The highest BCUT2D eigenvalue weighted by atomic mass is 32.5. The normalized spacial score (nSPS) is 35.2. The zero-order valence-electron chi connectivity index (χ0n) is 5.29. The summed E-state index contributed by atoms with van der Waals surface area (Å²) >= 11 is 5.02. The summed E-state index contributed by atoms with van der Waals surface area (Å²) in [6.45, 7) is 2.08. The van der Waals surface area contributed by atoms with E-state index in [4.69, 9.17) is 20.9 Å². The average molecular weight is 167 g/mol. The van der Waals surface area contributed by atoms with E-state index in [0.29, 0.717) is 13.2 Å². The van der Waals surface area contributed by atoms with E-state index < -0.39 is 6.64 Å². The van der Waals surface area contributed by atoms with Crippen molar-refractivity contribution in [3.8, 4) is 0 Å². The van der Waals surface area contributed by atoms with Gasteiger partial charge in [0.2, 0.25) is 0 Å². The molecule has 1 saturated heterocycles. The zero-order chi connectivity index (χ0) is 6.74. The Bertz CT molecular complexity index is 131. The van der Waals surface area contributed by atoms with E-state index in [1.165, 1.54) is 0 Å². The van der Waals surface area contributed by atoms with Gasteiger partial charge in [-0.1, -0.05) is 0 Å². The lowest BCUT2D eigenvalue weighted by atomic mass is 10.8. The van der Waals surface area contributed by atoms with Crippen molar-refractivity contribution >= 4 is 18.4 Å². The third kappa shape index (κ3) is 1.99. The first-order valence-corrected chi connectivity index (χ1v) is 5.55. The van der Waals surface area contributed by atoms with E-state index in [2.05, 4.69) is 5.09 Å². The highest BCUT2D eigenvalue weighted by molar-refractivity contribution is 8.09. The average Bonchev–Trinajstić information content (AvgIpc) is 2.16. The highest BCUT2D eigenvalue weighted by Crippen LogP contribution is 2.46. The molecule has 1 atom stereocenters. The van der Waals surface area contributed by atoms with Gasteiger partial charge >= 0.3 is 0 Å². The molecule has 0 bridgehead atoms. The lowest BCUT2D eigenvalue weighted by Gasteiger charge is -2.12. The molecule has 1 fully saturated rings. The minimum Gasteiger partial charge on any atom is -0.318 e. The third-order valence-corrected chi connectivity index (χ3v) is 3.72. The van der Waals surface area contributed by atoms with Gasteiger partial charge in [-0.2, -0.15) is 0 Å². The largest absolute Gasteiger partial charge is 0.318 e. The fourth-order valence-electron chi connectivity index (χ4n) is 0.647. The molecule has 1 rings (SSSR count). The van der Waals surface area contributed by atoms with Crippen LogP contribution in [0.1, 0.15) is 6.92 Å². The maximum absolute atomic E-state index is 5.18. The van der Waals surface area contributed by atoms with Gasteiger partial charge in [0, 0.05) is 6.54 Å². The molecule has 0 aromatic heterocycles. The fraction of sp³-hybridized carbons (Fsp3) is 1.00. The van der Waals surface area contributed by atoms with Gasteiger partial charge in [-0.15, -0.1) is 0 Å². The van der Waals surface area contributed by atoms with Gasteiger partial charge in [-0.25, -0.2) is 5.09 Å². The molecule has 5 heteroatoms. The van der Waals surface area contributed by atoms with Crippen LogP contribution < -0.4 is 5.09 Å². The van der Waals surface area contributed by atoms with E-state index in [1.54, 1.807) is 0 Å². The molecule has 54 valence electrons. The first-order valence-electron chi connectivity index (χ1n) is 2.91. The monoisotopic (exact) mass is 167 g/mol. The summed E-state index contributed by atoms with van der Waals surface area (Å²) in [4.78, 5) is 0. The number of hydrogen-bond donors (Lipinski definition) is 1. The molecule has 0 saturated carbocycles. The molecule has 1 aliphatic rings. The van der Waals surface area contributed by atoms with E-state index in [9.17, 15) is 0 Å². The van der Waals surface area contributed by atoms with Crippen molar-refractivity contribution < 1.29 is 9.05 Å². The second-order valence-electron chi connectivity index (χ2n) is 1.66. The SMILES string of the molecule is CCOP1(=S)NCCO1.